The summed E-state index contributed by atoms with van der Waals surface area (Å²) in [5.41, 5.74) is 0. The molecule has 1 atom stereocenters. The lowest BCUT2D eigenvalue weighted by molar-refractivity contribution is 0.999. The lowest BCUT2D eigenvalue weighted by Gasteiger charge is -2.04. The fourth-order valence-corrected chi connectivity index (χ4v) is 1.64. The Hall–Kier alpha value is -0.790. The smallest absolute Gasteiger partial charge is 0.227 e. The second-order valence-electron chi connectivity index (χ2n) is 2.41. The van der Waals surface area contributed by atoms with Crippen molar-refractivity contribution in [2.45, 2.75) is 17.2 Å². The van der Waals surface area contributed by atoms with Crippen LogP contribution in [0.25, 0.3) is 0 Å². The predicted octanol–water partition coefficient (Wildman–Crippen LogP) is 2.07. The van der Waals surface area contributed by atoms with Crippen molar-refractivity contribution in [3.8, 4) is 6.07 Å². The fraction of sp³-hybridized carbons (Fsp3) is 0.375. The number of thioether (sulfide) groups is 1. The first-order chi connectivity index (χ1) is 6.26. The first-order valence-electron chi connectivity index (χ1n) is 3.72. The van der Waals surface area contributed by atoms with E-state index in [1.807, 2.05) is 13.0 Å². The molecule has 0 radical (unpaired) electrons. The molecule has 1 unspecified atom stereocenters. The highest BCUT2D eigenvalue weighted by Crippen LogP contribution is 2.20. The van der Waals surface area contributed by atoms with E-state index in [4.69, 9.17) is 16.9 Å². The molecule has 1 rings (SSSR count). The Balaban J connectivity index is 2.73. The van der Waals surface area contributed by atoms with Gasteiger partial charge in [0.25, 0.3) is 0 Å². The van der Waals surface area contributed by atoms with Gasteiger partial charge in [0.2, 0.25) is 5.82 Å². The van der Waals surface area contributed by atoms with Crippen molar-refractivity contribution in [1.82, 2.24) is 9.97 Å². The third kappa shape index (κ3) is 3.21. The highest BCUT2D eigenvalue weighted by molar-refractivity contribution is 7.99. The van der Waals surface area contributed by atoms with Gasteiger partial charge >= 0.3 is 0 Å². The Bertz CT molecular complexity index is 323. The third-order valence-electron chi connectivity index (χ3n) is 1.27. The number of rotatable bonds is 3. The summed E-state index contributed by atoms with van der Waals surface area (Å²) in [6, 6.07) is 3.66. The van der Waals surface area contributed by atoms with Crippen molar-refractivity contribution in [1.29, 1.82) is 5.26 Å². The molecular weight excluding hydrogens is 206 g/mol. The second kappa shape index (κ2) is 5.05. The topological polar surface area (TPSA) is 49.6 Å². The normalized spacial score (nSPS) is 12.1. The number of hydrogen-bond donors (Lipinski definition) is 0. The van der Waals surface area contributed by atoms with E-state index in [1.165, 1.54) is 11.8 Å². The zero-order valence-electron chi connectivity index (χ0n) is 7.07. The second-order valence-corrected chi connectivity index (χ2v) is 4.18. The number of alkyl halides is 1. The molecule has 0 aliphatic heterocycles. The summed E-state index contributed by atoms with van der Waals surface area (Å²) in [6.07, 6.45) is 1.58. The molecule has 0 bridgehead atoms. The summed E-state index contributed by atoms with van der Waals surface area (Å²) in [5.74, 6) is 0.767. The average molecular weight is 214 g/mol. The SMILES string of the molecule is CC(CCl)Sc1ccnc(C#N)n1. The number of nitriles is 1. The van der Waals surface area contributed by atoms with Gasteiger partial charge in [-0.05, 0) is 6.07 Å². The standard InChI is InChI=1S/C8H8ClN3S/c1-6(4-9)13-8-2-3-11-7(5-10)12-8/h2-3,6H,4H2,1H3. The summed E-state index contributed by atoms with van der Waals surface area (Å²) in [7, 11) is 0. The van der Waals surface area contributed by atoms with Crippen molar-refractivity contribution in [3.63, 3.8) is 0 Å². The number of nitrogens with zero attached hydrogens (tertiary/aromatic N) is 3. The van der Waals surface area contributed by atoms with E-state index in [1.54, 1.807) is 12.3 Å². The van der Waals surface area contributed by atoms with Crippen LogP contribution < -0.4 is 0 Å². The van der Waals surface area contributed by atoms with Crippen LogP contribution in [0.1, 0.15) is 12.7 Å². The van der Waals surface area contributed by atoms with Gasteiger partial charge in [-0.25, -0.2) is 9.97 Å². The lowest BCUT2D eigenvalue weighted by Crippen LogP contribution is -1.98. The molecule has 3 nitrogen and oxygen atoms in total. The molecule has 1 aromatic heterocycles. The van der Waals surface area contributed by atoms with E-state index >= 15 is 0 Å². The Labute approximate surface area is 86.1 Å². The molecule has 0 amide bonds. The lowest BCUT2D eigenvalue weighted by atomic mass is 10.6. The van der Waals surface area contributed by atoms with Crippen LogP contribution in [-0.4, -0.2) is 21.1 Å². The molecule has 5 heteroatoms. The molecule has 68 valence electrons. The van der Waals surface area contributed by atoms with Crippen molar-refractivity contribution in [2.24, 2.45) is 0 Å². The first-order valence-corrected chi connectivity index (χ1v) is 5.13. The van der Waals surface area contributed by atoms with E-state index in [0.717, 1.165) is 5.03 Å². The molecule has 0 aromatic carbocycles. The van der Waals surface area contributed by atoms with Crippen LogP contribution >= 0.6 is 23.4 Å². The molecule has 0 fully saturated rings. The summed E-state index contributed by atoms with van der Waals surface area (Å²) in [6.45, 7) is 2.01. The maximum Gasteiger partial charge on any atom is 0.233 e. The van der Waals surface area contributed by atoms with Crippen molar-refractivity contribution >= 4 is 23.4 Å². The molecule has 1 heterocycles. The van der Waals surface area contributed by atoms with E-state index in [9.17, 15) is 0 Å². The molecule has 0 N–H and O–H groups in total. The highest BCUT2D eigenvalue weighted by Gasteiger charge is 2.04. The van der Waals surface area contributed by atoms with Gasteiger partial charge in [-0.1, -0.05) is 6.92 Å². The molecule has 1 aromatic rings. The van der Waals surface area contributed by atoms with Crippen LogP contribution in [0.3, 0.4) is 0 Å². The largest absolute Gasteiger partial charge is 0.233 e. The zero-order valence-corrected chi connectivity index (χ0v) is 8.64. The van der Waals surface area contributed by atoms with Crippen LogP contribution in [0.15, 0.2) is 17.3 Å². The summed E-state index contributed by atoms with van der Waals surface area (Å²) >= 11 is 7.19. The van der Waals surface area contributed by atoms with E-state index in [0.29, 0.717) is 11.1 Å². The van der Waals surface area contributed by atoms with Gasteiger partial charge in [0.05, 0.1) is 0 Å². The van der Waals surface area contributed by atoms with Crippen LogP contribution in [0, 0.1) is 11.3 Å². The van der Waals surface area contributed by atoms with Gasteiger partial charge in [-0.3, -0.25) is 0 Å². The van der Waals surface area contributed by atoms with Crippen LogP contribution in [0.2, 0.25) is 0 Å². The number of aromatic nitrogens is 2. The fourth-order valence-electron chi connectivity index (χ4n) is 0.699. The number of halogens is 1. The number of hydrogen-bond acceptors (Lipinski definition) is 4. The quantitative estimate of drug-likeness (QED) is 0.438. The Morgan fingerprint density at radius 1 is 1.77 bits per heavy atom. The predicted molar refractivity (Wildman–Crippen MR) is 52.8 cm³/mol. The molecule has 0 saturated heterocycles. The minimum absolute atomic E-state index is 0.201. The molecule has 0 aliphatic carbocycles. The van der Waals surface area contributed by atoms with E-state index in [-0.39, 0.29) is 5.82 Å². The van der Waals surface area contributed by atoms with Gasteiger partial charge in [-0.15, -0.1) is 23.4 Å². The summed E-state index contributed by atoms with van der Waals surface area (Å²) in [4.78, 5) is 7.78. The van der Waals surface area contributed by atoms with Crippen LogP contribution in [0.4, 0.5) is 0 Å². The summed E-state index contributed by atoms with van der Waals surface area (Å²) < 4.78 is 0. The van der Waals surface area contributed by atoms with Crippen molar-refractivity contribution in [3.05, 3.63) is 18.1 Å². The molecule has 0 spiro atoms. The molecule has 13 heavy (non-hydrogen) atoms. The maximum absolute atomic E-state index is 8.54. The van der Waals surface area contributed by atoms with Gasteiger partial charge in [0.1, 0.15) is 11.1 Å². The van der Waals surface area contributed by atoms with Crippen LogP contribution in [-0.2, 0) is 0 Å². The van der Waals surface area contributed by atoms with E-state index in [2.05, 4.69) is 9.97 Å². The molecular formula is C8H8ClN3S. The van der Waals surface area contributed by atoms with Crippen molar-refractivity contribution in [2.75, 3.05) is 5.88 Å². The molecule has 0 saturated carbocycles. The van der Waals surface area contributed by atoms with E-state index < -0.39 is 0 Å². The zero-order chi connectivity index (χ0) is 9.68. The van der Waals surface area contributed by atoms with Crippen LogP contribution in [0.5, 0.6) is 0 Å². The van der Waals surface area contributed by atoms with Gasteiger partial charge in [-0.2, -0.15) is 5.26 Å². The average Bonchev–Trinajstić information content (AvgIpc) is 2.18. The third-order valence-corrected chi connectivity index (χ3v) is 2.95. The Morgan fingerprint density at radius 2 is 2.54 bits per heavy atom. The first kappa shape index (κ1) is 10.3. The summed E-state index contributed by atoms with van der Waals surface area (Å²) in [5, 5.41) is 9.63. The minimum atomic E-state index is 0.201. The van der Waals surface area contributed by atoms with Gasteiger partial charge < -0.3 is 0 Å². The Morgan fingerprint density at radius 3 is 3.15 bits per heavy atom. The maximum atomic E-state index is 8.54. The monoisotopic (exact) mass is 213 g/mol. The molecule has 0 aliphatic rings. The highest BCUT2D eigenvalue weighted by atomic mass is 35.5. The van der Waals surface area contributed by atoms with Crippen molar-refractivity contribution < 1.29 is 0 Å². The van der Waals surface area contributed by atoms with Gasteiger partial charge in [0, 0.05) is 17.3 Å². The Kier molecular flexibility index (Phi) is 4.00. The minimum Gasteiger partial charge on any atom is -0.227 e. The van der Waals surface area contributed by atoms with Gasteiger partial charge in [0.15, 0.2) is 0 Å².